The highest BCUT2D eigenvalue weighted by Crippen LogP contribution is 2.23. The highest BCUT2D eigenvalue weighted by atomic mass is 16.3. The molecule has 1 aliphatic rings. The molecule has 1 fully saturated rings. The van der Waals surface area contributed by atoms with Crippen molar-refractivity contribution in [2.24, 2.45) is 11.7 Å². The van der Waals surface area contributed by atoms with Gasteiger partial charge >= 0.3 is 0 Å². The maximum atomic E-state index is 9.31. The van der Waals surface area contributed by atoms with Gasteiger partial charge in [-0.25, -0.2) is 0 Å². The molecule has 1 aliphatic carbocycles. The molecule has 0 aromatic carbocycles. The van der Waals surface area contributed by atoms with E-state index >= 15 is 0 Å². The summed E-state index contributed by atoms with van der Waals surface area (Å²) in [6.07, 6.45) is 4.41. The van der Waals surface area contributed by atoms with Gasteiger partial charge < -0.3 is 10.8 Å². The fourth-order valence-electron chi connectivity index (χ4n) is 1.42. The van der Waals surface area contributed by atoms with Gasteiger partial charge in [0, 0.05) is 6.04 Å². The molecule has 1 rings (SSSR count). The predicted octanol–water partition coefficient (Wildman–Crippen LogP) is 0.661. The molecule has 0 bridgehead atoms. The minimum atomic E-state index is -0.309. The van der Waals surface area contributed by atoms with E-state index in [1.807, 2.05) is 6.08 Å². The van der Waals surface area contributed by atoms with Crippen LogP contribution in [0.3, 0.4) is 0 Å². The van der Waals surface area contributed by atoms with E-state index in [4.69, 9.17) is 5.73 Å². The van der Waals surface area contributed by atoms with Gasteiger partial charge in [-0.3, -0.25) is 0 Å². The summed E-state index contributed by atoms with van der Waals surface area (Å²) in [7, 11) is 0. The Labute approximate surface area is 61.7 Å². The molecule has 0 aromatic rings. The van der Waals surface area contributed by atoms with Crippen molar-refractivity contribution in [2.75, 3.05) is 0 Å². The normalized spacial score (nSPS) is 41.2. The van der Waals surface area contributed by atoms with E-state index in [1.54, 1.807) is 0 Å². The average molecular weight is 141 g/mol. The van der Waals surface area contributed by atoms with Crippen LogP contribution in [0.5, 0.6) is 0 Å². The number of hydrogen-bond acceptors (Lipinski definition) is 2. The van der Waals surface area contributed by atoms with Crippen molar-refractivity contribution in [1.82, 2.24) is 0 Å². The second-order valence-electron chi connectivity index (χ2n) is 3.04. The Kier molecular flexibility index (Phi) is 2.46. The molecule has 0 aliphatic heterocycles. The second-order valence-corrected chi connectivity index (χ2v) is 3.04. The Hall–Kier alpha value is -0.340. The van der Waals surface area contributed by atoms with E-state index in [2.05, 4.69) is 6.58 Å². The third-order valence-corrected chi connectivity index (χ3v) is 2.24. The molecule has 58 valence electrons. The van der Waals surface area contributed by atoms with Crippen LogP contribution in [0.25, 0.3) is 0 Å². The summed E-state index contributed by atoms with van der Waals surface area (Å²) in [5.74, 6) is 0.481. The number of aliphatic hydroxyl groups excluding tert-OH is 1. The van der Waals surface area contributed by atoms with Gasteiger partial charge in [-0.1, -0.05) is 6.08 Å². The lowest BCUT2D eigenvalue weighted by Gasteiger charge is -2.28. The Bertz CT molecular complexity index is 124. The Morgan fingerprint density at radius 1 is 1.50 bits per heavy atom. The van der Waals surface area contributed by atoms with E-state index in [-0.39, 0.29) is 12.1 Å². The van der Waals surface area contributed by atoms with Crippen LogP contribution in [0.4, 0.5) is 0 Å². The van der Waals surface area contributed by atoms with Crippen LogP contribution in [0.2, 0.25) is 0 Å². The van der Waals surface area contributed by atoms with Crippen LogP contribution >= 0.6 is 0 Å². The van der Waals surface area contributed by atoms with E-state index in [1.165, 1.54) is 0 Å². The predicted molar refractivity (Wildman–Crippen MR) is 41.5 cm³/mol. The third kappa shape index (κ3) is 1.58. The zero-order valence-electron chi connectivity index (χ0n) is 6.16. The standard InChI is InChI=1S/C8H15NO/c1-2-6-3-4-7(9)8(10)5-6/h2,6-8,10H,1,3-5,9H2/t6-,7-,8-/m1/s1. The maximum Gasteiger partial charge on any atom is 0.0696 e. The van der Waals surface area contributed by atoms with E-state index < -0.39 is 0 Å². The van der Waals surface area contributed by atoms with E-state index in [0.717, 1.165) is 19.3 Å². The molecule has 0 aromatic heterocycles. The molecular weight excluding hydrogens is 126 g/mol. The topological polar surface area (TPSA) is 46.2 Å². The van der Waals surface area contributed by atoms with Gasteiger partial charge in [0.25, 0.3) is 0 Å². The van der Waals surface area contributed by atoms with Crippen molar-refractivity contribution in [1.29, 1.82) is 0 Å². The number of allylic oxidation sites excluding steroid dienone is 1. The minimum Gasteiger partial charge on any atom is -0.391 e. The Balaban J connectivity index is 2.40. The lowest BCUT2D eigenvalue weighted by atomic mass is 9.84. The number of nitrogens with two attached hydrogens (primary N) is 1. The smallest absolute Gasteiger partial charge is 0.0696 e. The molecule has 1 saturated carbocycles. The van der Waals surface area contributed by atoms with Crippen molar-refractivity contribution in [3.05, 3.63) is 12.7 Å². The molecule has 3 N–H and O–H groups in total. The van der Waals surface area contributed by atoms with Crippen molar-refractivity contribution in [3.8, 4) is 0 Å². The third-order valence-electron chi connectivity index (χ3n) is 2.24. The molecule has 10 heavy (non-hydrogen) atoms. The first kappa shape index (κ1) is 7.76. The van der Waals surface area contributed by atoms with Gasteiger partial charge in [-0.2, -0.15) is 0 Å². The summed E-state index contributed by atoms with van der Waals surface area (Å²) in [6, 6.07) is -0.00352. The minimum absolute atomic E-state index is 0.00352. The zero-order valence-corrected chi connectivity index (χ0v) is 6.16. The van der Waals surface area contributed by atoms with Gasteiger partial charge in [0.1, 0.15) is 0 Å². The Morgan fingerprint density at radius 2 is 2.20 bits per heavy atom. The summed E-state index contributed by atoms with van der Waals surface area (Å²) < 4.78 is 0. The summed E-state index contributed by atoms with van der Waals surface area (Å²) in [5, 5.41) is 9.31. The highest BCUT2D eigenvalue weighted by Gasteiger charge is 2.24. The van der Waals surface area contributed by atoms with Gasteiger partial charge in [0.2, 0.25) is 0 Å². The molecule has 0 unspecified atom stereocenters. The summed E-state index contributed by atoms with van der Waals surface area (Å²) >= 11 is 0. The highest BCUT2D eigenvalue weighted by molar-refractivity contribution is 4.89. The largest absolute Gasteiger partial charge is 0.391 e. The first-order valence-corrected chi connectivity index (χ1v) is 3.80. The molecule has 0 saturated heterocycles. The number of hydrogen-bond donors (Lipinski definition) is 2. The SMILES string of the molecule is C=C[C@@H]1CC[C@@H](N)[C@H](O)C1. The zero-order chi connectivity index (χ0) is 7.56. The van der Waals surface area contributed by atoms with Crippen LogP contribution in [0.15, 0.2) is 12.7 Å². The quantitative estimate of drug-likeness (QED) is 0.527. The maximum absolute atomic E-state index is 9.31. The molecule has 0 spiro atoms. The second kappa shape index (κ2) is 3.17. The average Bonchev–Trinajstić information content (AvgIpc) is 1.95. The molecule has 3 atom stereocenters. The lowest BCUT2D eigenvalue weighted by Crippen LogP contribution is -2.39. The van der Waals surface area contributed by atoms with Crippen LogP contribution in [-0.4, -0.2) is 17.3 Å². The lowest BCUT2D eigenvalue weighted by molar-refractivity contribution is 0.0921. The summed E-state index contributed by atoms with van der Waals surface area (Å²) in [5.41, 5.74) is 5.61. The fourth-order valence-corrected chi connectivity index (χ4v) is 1.42. The van der Waals surface area contributed by atoms with Crippen LogP contribution in [0, 0.1) is 5.92 Å². The van der Waals surface area contributed by atoms with Crippen molar-refractivity contribution >= 4 is 0 Å². The Morgan fingerprint density at radius 3 is 2.70 bits per heavy atom. The van der Waals surface area contributed by atoms with Crippen molar-refractivity contribution in [3.63, 3.8) is 0 Å². The van der Waals surface area contributed by atoms with Crippen LogP contribution in [0.1, 0.15) is 19.3 Å². The first-order valence-electron chi connectivity index (χ1n) is 3.80. The molecule has 0 heterocycles. The number of rotatable bonds is 1. The molecule has 2 heteroatoms. The van der Waals surface area contributed by atoms with Crippen molar-refractivity contribution < 1.29 is 5.11 Å². The monoisotopic (exact) mass is 141 g/mol. The number of aliphatic hydroxyl groups is 1. The van der Waals surface area contributed by atoms with Gasteiger partial charge in [0.05, 0.1) is 6.10 Å². The molecular formula is C8H15NO. The molecule has 2 nitrogen and oxygen atoms in total. The van der Waals surface area contributed by atoms with Crippen molar-refractivity contribution in [2.45, 2.75) is 31.4 Å². The van der Waals surface area contributed by atoms with Gasteiger partial charge in [0.15, 0.2) is 0 Å². The van der Waals surface area contributed by atoms with E-state index in [9.17, 15) is 5.11 Å². The van der Waals surface area contributed by atoms with Gasteiger partial charge in [-0.15, -0.1) is 6.58 Å². The fraction of sp³-hybridized carbons (Fsp3) is 0.750. The summed E-state index contributed by atoms with van der Waals surface area (Å²) in [4.78, 5) is 0. The van der Waals surface area contributed by atoms with Crippen LogP contribution < -0.4 is 5.73 Å². The van der Waals surface area contributed by atoms with E-state index in [0.29, 0.717) is 5.92 Å². The van der Waals surface area contributed by atoms with Crippen LogP contribution in [-0.2, 0) is 0 Å². The molecule has 0 radical (unpaired) electrons. The summed E-state index contributed by atoms with van der Waals surface area (Å²) in [6.45, 7) is 3.69. The first-order chi connectivity index (χ1) is 4.74. The van der Waals surface area contributed by atoms with Gasteiger partial charge in [-0.05, 0) is 25.2 Å². The molecule has 0 amide bonds.